The molecule has 1 heterocycles. The molecule has 2 fully saturated rings. The van der Waals surface area contributed by atoms with Crippen LogP contribution in [0.15, 0.2) is 0 Å². The zero-order valence-electron chi connectivity index (χ0n) is 10.8. The van der Waals surface area contributed by atoms with Gasteiger partial charge in [-0.2, -0.15) is 0 Å². The largest absolute Gasteiger partial charge is 0.393 e. The van der Waals surface area contributed by atoms with Crippen LogP contribution < -0.4 is 0 Å². The van der Waals surface area contributed by atoms with Gasteiger partial charge in [-0.3, -0.25) is 4.90 Å². The minimum absolute atomic E-state index is 0.0974. The van der Waals surface area contributed by atoms with Crippen LogP contribution in [0.1, 0.15) is 40.0 Å². The summed E-state index contributed by atoms with van der Waals surface area (Å²) in [6, 6.07) is 0.530. The fraction of sp³-hybridized carbons (Fsp3) is 1.00. The molecule has 3 heteroatoms. The van der Waals surface area contributed by atoms with Gasteiger partial charge in [0.15, 0.2) is 0 Å². The number of aliphatic hydroxyl groups excluding tert-OH is 1. The van der Waals surface area contributed by atoms with Crippen LogP contribution in [0, 0.1) is 5.92 Å². The maximum atomic E-state index is 9.84. The zero-order chi connectivity index (χ0) is 11.8. The van der Waals surface area contributed by atoms with Crippen molar-refractivity contribution in [3.05, 3.63) is 0 Å². The maximum Gasteiger partial charge on any atom is 0.0645 e. The highest BCUT2D eigenvalue weighted by Gasteiger charge is 2.40. The van der Waals surface area contributed by atoms with E-state index in [0.29, 0.717) is 12.0 Å². The predicted molar refractivity (Wildman–Crippen MR) is 64.4 cm³/mol. The molecule has 0 radical (unpaired) electrons. The van der Waals surface area contributed by atoms with Gasteiger partial charge >= 0.3 is 0 Å². The molecule has 0 aromatic carbocycles. The topological polar surface area (TPSA) is 32.7 Å². The van der Waals surface area contributed by atoms with Crippen LogP contribution in [0.5, 0.6) is 0 Å². The Balaban J connectivity index is 2.08. The van der Waals surface area contributed by atoms with E-state index in [2.05, 4.69) is 25.7 Å². The fourth-order valence-electron chi connectivity index (χ4n) is 3.20. The minimum Gasteiger partial charge on any atom is -0.393 e. The van der Waals surface area contributed by atoms with Crippen LogP contribution in [0.25, 0.3) is 0 Å². The van der Waals surface area contributed by atoms with Crippen molar-refractivity contribution in [1.29, 1.82) is 0 Å². The zero-order valence-corrected chi connectivity index (χ0v) is 10.8. The molecule has 2 rings (SSSR count). The molecule has 1 aliphatic heterocycles. The van der Waals surface area contributed by atoms with Crippen LogP contribution in [0.2, 0.25) is 0 Å². The molecular formula is C13H25NO2. The molecule has 3 nitrogen and oxygen atoms in total. The second kappa shape index (κ2) is 4.63. The van der Waals surface area contributed by atoms with E-state index < -0.39 is 0 Å². The first kappa shape index (κ1) is 12.3. The summed E-state index contributed by atoms with van der Waals surface area (Å²) in [5.74, 6) is 0.695. The van der Waals surface area contributed by atoms with Gasteiger partial charge in [0, 0.05) is 18.1 Å². The molecule has 1 N–H and O–H groups in total. The van der Waals surface area contributed by atoms with Crippen molar-refractivity contribution in [2.75, 3.05) is 19.8 Å². The lowest BCUT2D eigenvalue weighted by atomic mass is 9.81. The molecular weight excluding hydrogens is 202 g/mol. The van der Waals surface area contributed by atoms with Gasteiger partial charge in [0.2, 0.25) is 0 Å². The second-order valence-corrected chi connectivity index (χ2v) is 6.07. The summed E-state index contributed by atoms with van der Waals surface area (Å²) in [7, 11) is 0. The van der Waals surface area contributed by atoms with Crippen LogP contribution in [-0.2, 0) is 4.74 Å². The number of morpholine rings is 1. The highest BCUT2D eigenvalue weighted by atomic mass is 16.5. The van der Waals surface area contributed by atoms with Crippen molar-refractivity contribution >= 4 is 0 Å². The van der Waals surface area contributed by atoms with E-state index in [0.717, 1.165) is 39.0 Å². The van der Waals surface area contributed by atoms with Gasteiger partial charge in [-0.1, -0.05) is 6.92 Å². The number of hydrogen-bond donors (Lipinski definition) is 1. The smallest absolute Gasteiger partial charge is 0.0645 e. The monoisotopic (exact) mass is 227 g/mol. The summed E-state index contributed by atoms with van der Waals surface area (Å²) in [4.78, 5) is 2.56. The Morgan fingerprint density at radius 1 is 1.31 bits per heavy atom. The fourth-order valence-corrected chi connectivity index (χ4v) is 3.20. The summed E-state index contributed by atoms with van der Waals surface area (Å²) in [5, 5.41) is 9.84. The van der Waals surface area contributed by atoms with Crippen LogP contribution >= 0.6 is 0 Å². The van der Waals surface area contributed by atoms with Gasteiger partial charge in [-0.05, 0) is 39.0 Å². The Morgan fingerprint density at radius 3 is 2.75 bits per heavy atom. The van der Waals surface area contributed by atoms with Gasteiger partial charge in [0.25, 0.3) is 0 Å². The van der Waals surface area contributed by atoms with E-state index in [9.17, 15) is 5.11 Å². The van der Waals surface area contributed by atoms with Gasteiger partial charge in [-0.25, -0.2) is 0 Å². The van der Waals surface area contributed by atoms with Crippen LogP contribution in [-0.4, -0.2) is 47.4 Å². The van der Waals surface area contributed by atoms with E-state index >= 15 is 0 Å². The summed E-state index contributed by atoms with van der Waals surface area (Å²) in [5.41, 5.74) is 0.119. The Morgan fingerprint density at radius 2 is 2.06 bits per heavy atom. The molecule has 1 saturated heterocycles. The first-order valence-electron chi connectivity index (χ1n) is 6.53. The van der Waals surface area contributed by atoms with Gasteiger partial charge < -0.3 is 9.84 Å². The summed E-state index contributed by atoms with van der Waals surface area (Å²) >= 11 is 0. The van der Waals surface area contributed by atoms with Crippen molar-refractivity contribution in [2.45, 2.75) is 57.7 Å². The predicted octanol–water partition coefficient (Wildman–Crippen LogP) is 1.65. The lowest BCUT2D eigenvalue weighted by molar-refractivity contribution is -0.0986. The average Bonchev–Trinajstić information content (AvgIpc) is 2.22. The first-order valence-corrected chi connectivity index (χ1v) is 6.53. The normalized spacial score (nSPS) is 40.9. The number of nitrogens with zero attached hydrogens (tertiary/aromatic N) is 1. The van der Waals surface area contributed by atoms with Crippen LogP contribution in [0.4, 0.5) is 0 Å². The van der Waals surface area contributed by atoms with Gasteiger partial charge in [0.1, 0.15) is 0 Å². The lowest BCUT2D eigenvalue weighted by Crippen LogP contribution is -2.60. The van der Waals surface area contributed by atoms with Crippen molar-refractivity contribution < 1.29 is 9.84 Å². The second-order valence-electron chi connectivity index (χ2n) is 6.07. The van der Waals surface area contributed by atoms with E-state index in [4.69, 9.17) is 4.74 Å². The Hall–Kier alpha value is -0.120. The highest BCUT2D eigenvalue weighted by Crippen LogP contribution is 2.33. The molecule has 2 aliphatic rings. The SMILES string of the molecule is CC1CCC(O)CC1N1CCOCC1(C)C. The molecule has 0 bridgehead atoms. The van der Waals surface area contributed by atoms with Crippen molar-refractivity contribution in [1.82, 2.24) is 4.90 Å². The molecule has 16 heavy (non-hydrogen) atoms. The Labute approximate surface area is 98.8 Å². The third-order valence-electron chi connectivity index (χ3n) is 4.24. The van der Waals surface area contributed by atoms with Gasteiger partial charge in [-0.15, -0.1) is 0 Å². The number of rotatable bonds is 1. The van der Waals surface area contributed by atoms with E-state index in [-0.39, 0.29) is 11.6 Å². The number of hydrogen-bond acceptors (Lipinski definition) is 3. The van der Waals surface area contributed by atoms with E-state index in [1.165, 1.54) is 0 Å². The summed E-state index contributed by atoms with van der Waals surface area (Å²) in [6.07, 6.45) is 2.96. The molecule has 0 spiro atoms. The third-order valence-corrected chi connectivity index (χ3v) is 4.24. The standard InChI is InChI=1S/C13H25NO2/c1-10-4-5-11(15)8-12(10)14-6-7-16-9-13(14,2)3/h10-12,15H,4-9H2,1-3H3. The molecule has 1 aliphatic carbocycles. The summed E-state index contributed by atoms with van der Waals surface area (Å²) in [6.45, 7) is 9.48. The molecule has 0 aromatic rings. The Bertz CT molecular complexity index is 242. The molecule has 0 amide bonds. The average molecular weight is 227 g/mol. The van der Waals surface area contributed by atoms with Crippen molar-refractivity contribution in [3.8, 4) is 0 Å². The Kier molecular flexibility index (Phi) is 3.57. The molecule has 3 atom stereocenters. The van der Waals surface area contributed by atoms with Crippen LogP contribution in [0.3, 0.4) is 0 Å². The minimum atomic E-state index is -0.0974. The number of aliphatic hydroxyl groups is 1. The van der Waals surface area contributed by atoms with E-state index in [1.54, 1.807) is 0 Å². The summed E-state index contributed by atoms with van der Waals surface area (Å²) < 4.78 is 5.56. The number of ether oxygens (including phenoxy) is 1. The first-order chi connectivity index (χ1) is 7.50. The van der Waals surface area contributed by atoms with E-state index in [1.807, 2.05) is 0 Å². The molecule has 1 saturated carbocycles. The lowest BCUT2D eigenvalue weighted by Gasteiger charge is -2.50. The quantitative estimate of drug-likeness (QED) is 0.739. The third kappa shape index (κ3) is 2.41. The van der Waals surface area contributed by atoms with Gasteiger partial charge in [0.05, 0.1) is 19.3 Å². The maximum absolute atomic E-state index is 9.84. The van der Waals surface area contributed by atoms with Crippen molar-refractivity contribution in [2.24, 2.45) is 5.92 Å². The molecule has 0 aromatic heterocycles. The molecule has 3 unspecified atom stereocenters. The highest BCUT2D eigenvalue weighted by molar-refractivity contribution is 4.93. The van der Waals surface area contributed by atoms with Crippen molar-refractivity contribution in [3.63, 3.8) is 0 Å². The molecule has 94 valence electrons.